The molecule has 0 aliphatic carbocycles. The topological polar surface area (TPSA) is 76.4 Å². The van der Waals surface area contributed by atoms with E-state index in [-0.39, 0.29) is 11.7 Å². The monoisotopic (exact) mass is 271 g/mol. The van der Waals surface area contributed by atoms with Crippen LogP contribution in [0.5, 0.6) is 5.75 Å². The van der Waals surface area contributed by atoms with Crippen molar-refractivity contribution in [2.75, 3.05) is 12.4 Å². The van der Waals surface area contributed by atoms with E-state index in [0.29, 0.717) is 11.6 Å². The van der Waals surface area contributed by atoms with E-state index in [1.165, 1.54) is 0 Å². The Hall–Kier alpha value is -2.76. The molecule has 2 heterocycles. The molecule has 0 saturated heterocycles. The molecular weight excluding hydrogens is 258 g/mol. The van der Waals surface area contributed by atoms with Crippen molar-refractivity contribution in [1.82, 2.24) is 9.78 Å². The van der Waals surface area contributed by atoms with Crippen molar-refractivity contribution in [3.05, 3.63) is 53.9 Å². The summed E-state index contributed by atoms with van der Waals surface area (Å²) in [5.74, 6) is 0.333. The van der Waals surface area contributed by atoms with Crippen molar-refractivity contribution in [2.45, 2.75) is 6.04 Å². The van der Waals surface area contributed by atoms with E-state index in [0.717, 1.165) is 5.56 Å². The van der Waals surface area contributed by atoms with Gasteiger partial charge in [-0.25, -0.2) is 9.48 Å². The Morgan fingerprint density at radius 3 is 2.95 bits per heavy atom. The summed E-state index contributed by atoms with van der Waals surface area (Å²) in [6, 6.07) is 8.92. The number of ether oxygens (including phenoxy) is 1. The molecule has 20 heavy (non-hydrogen) atoms. The molecule has 1 atom stereocenters. The first-order valence-electron chi connectivity index (χ1n) is 6.09. The predicted octanol–water partition coefficient (Wildman–Crippen LogP) is 1.88. The molecule has 2 aromatic rings. The second-order valence-electron chi connectivity index (χ2n) is 4.36. The maximum absolute atomic E-state index is 11.2. The summed E-state index contributed by atoms with van der Waals surface area (Å²) < 4.78 is 7.07. The maximum atomic E-state index is 11.2. The molecule has 0 saturated carbocycles. The highest BCUT2D eigenvalue weighted by Crippen LogP contribution is 2.34. The van der Waals surface area contributed by atoms with Crippen molar-refractivity contribution >= 4 is 11.8 Å². The molecule has 0 radical (unpaired) electrons. The summed E-state index contributed by atoms with van der Waals surface area (Å²) in [6.45, 7) is 0. The zero-order chi connectivity index (χ0) is 14.1. The number of fused-ring (bicyclic) bond motifs is 1. The lowest BCUT2D eigenvalue weighted by Gasteiger charge is -2.24. The van der Waals surface area contributed by atoms with Crippen LogP contribution in [0.3, 0.4) is 0 Å². The van der Waals surface area contributed by atoms with E-state index in [1.54, 1.807) is 30.1 Å². The molecule has 6 nitrogen and oxygen atoms in total. The Morgan fingerprint density at radius 1 is 1.40 bits per heavy atom. The fourth-order valence-corrected chi connectivity index (χ4v) is 2.30. The van der Waals surface area contributed by atoms with Crippen LogP contribution in [0, 0.1) is 0 Å². The number of carboxylic acids is 1. The minimum atomic E-state index is -1.00. The number of benzene rings is 1. The molecule has 2 N–H and O–H groups in total. The van der Waals surface area contributed by atoms with Gasteiger partial charge in [-0.1, -0.05) is 18.2 Å². The molecule has 0 fully saturated rings. The van der Waals surface area contributed by atoms with Gasteiger partial charge in [-0.2, -0.15) is 5.10 Å². The van der Waals surface area contributed by atoms with Crippen LogP contribution in [0.15, 0.2) is 48.3 Å². The number of hydrogen-bond donors (Lipinski definition) is 2. The number of methoxy groups -OCH3 is 1. The number of anilines is 1. The van der Waals surface area contributed by atoms with Crippen LogP contribution >= 0.6 is 0 Å². The third-order valence-corrected chi connectivity index (χ3v) is 3.21. The van der Waals surface area contributed by atoms with Gasteiger partial charge in [0.15, 0.2) is 0 Å². The summed E-state index contributed by atoms with van der Waals surface area (Å²) in [7, 11) is 1.59. The van der Waals surface area contributed by atoms with Crippen LogP contribution in [-0.2, 0) is 4.79 Å². The van der Waals surface area contributed by atoms with Crippen LogP contribution in [0.2, 0.25) is 0 Å². The van der Waals surface area contributed by atoms with Gasteiger partial charge in [0.1, 0.15) is 23.3 Å². The zero-order valence-corrected chi connectivity index (χ0v) is 10.8. The number of carboxylic acid groups (broad SMARTS) is 1. The Kier molecular flexibility index (Phi) is 2.90. The average Bonchev–Trinajstić information content (AvgIpc) is 2.94. The molecule has 3 rings (SSSR count). The number of aliphatic carboxylic acids is 1. The Bertz CT molecular complexity index is 690. The zero-order valence-electron chi connectivity index (χ0n) is 10.8. The maximum Gasteiger partial charge on any atom is 0.352 e. The molecule has 0 bridgehead atoms. The fourth-order valence-electron chi connectivity index (χ4n) is 2.30. The quantitative estimate of drug-likeness (QED) is 0.891. The van der Waals surface area contributed by atoms with Gasteiger partial charge in [-0.3, -0.25) is 0 Å². The standard InChI is InChI=1S/C14H13N3O3/c1-20-12-5-3-2-4-9(12)11-8-10(14(18)19)16-13-6-7-15-17(11)13/h2-8,11,16H,1H3,(H,18,19). The van der Waals surface area contributed by atoms with Crippen LogP contribution < -0.4 is 10.1 Å². The number of nitrogens with zero attached hydrogens (tertiary/aromatic N) is 2. The van der Waals surface area contributed by atoms with Gasteiger partial charge in [0.2, 0.25) is 0 Å². The number of nitrogens with one attached hydrogen (secondary N) is 1. The minimum absolute atomic E-state index is 0.133. The summed E-state index contributed by atoms with van der Waals surface area (Å²) in [4.78, 5) is 11.2. The van der Waals surface area contributed by atoms with Crippen molar-refractivity contribution in [3.8, 4) is 5.75 Å². The second-order valence-corrected chi connectivity index (χ2v) is 4.36. The van der Waals surface area contributed by atoms with E-state index >= 15 is 0 Å². The molecule has 1 aromatic carbocycles. The van der Waals surface area contributed by atoms with Crippen molar-refractivity contribution < 1.29 is 14.6 Å². The first-order chi connectivity index (χ1) is 9.70. The largest absolute Gasteiger partial charge is 0.496 e. The van der Waals surface area contributed by atoms with Crippen molar-refractivity contribution in [3.63, 3.8) is 0 Å². The highest BCUT2D eigenvalue weighted by molar-refractivity contribution is 5.90. The van der Waals surface area contributed by atoms with Gasteiger partial charge in [-0.15, -0.1) is 0 Å². The third kappa shape index (κ3) is 1.91. The summed E-state index contributed by atoms with van der Waals surface area (Å²) >= 11 is 0. The van der Waals surface area contributed by atoms with Crippen LogP contribution in [0.1, 0.15) is 11.6 Å². The van der Waals surface area contributed by atoms with E-state index in [1.807, 2.05) is 24.3 Å². The van der Waals surface area contributed by atoms with Gasteiger partial charge in [0, 0.05) is 11.6 Å². The normalized spacial score (nSPS) is 16.9. The van der Waals surface area contributed by atoms with Crippen molar-refractivity contribution in [2.24, 2.45) is 0 Å². The smallest absolute Gasteiger partial charge is 0.352 e. The van der Waals surface area contributed by atoms with Gasteiger partial charge < -0.3 is 15.2 Å². The third-order valence-electron chi connectivity index (χ3n) is 3.21. The number of aromatic nitrogens is 2. The average molecular weight is 271 g/mol. The van der Waals surface area contributed by atoms with Gasteiger partial charge in [0.05, 0.1) is 13.3 Å². The lowest BCUT2D eigenvalue weighted by Crippen LogP contribution is -2.24. The van der Waals surface area contributed by atoms with Gasteiger partial charge in [0.25, 0.3) is 0 Å². The number of allylic oxidation sites excluding steroid dienone is 1. The second kappa shape index (κ2) is 4.73. The van der Waals surface area contributed by atoms with E-state index in [9.17, 15) is 9.90 Å². The molecule has 1 aliphatic rings. The lowest BCUT2D eigenvalue weighted by molar-refractivity contribution is -0.132. The van der Waals surface area contributed by atoms with Crippen LogP contribution in [0.25, 0.3) is 0 Å². The number of carbonyl (C=O) groups is 1. The molecule has 1 aromatic heterocycles. The van der Waals surface area contributed by atoms with Gasteiger partial charge >= 0.3 is 5.97 Å². The fraction of sp³-hybridized carbons (Fsp3) is 0.143. The molecule has 0 spiro atoms. The number of hydrogen-bond acceptors (Lipinski definition) is 4. The van der Waals surface area contributed by atoms with Crippen LogP contribution in [0.4, 0.5) is 5.82 Å². The first kappa shape index (κ1) is 12.3. The molecule has 1 aliphatic heterocycles. The minimum Gasteiger partial charge on any atom is -0.496 e. The predicted molar refractivity (Wildman–Crippen MR) is 72.7 cm³/mol. The van der Waals surface area contributed by atoms with Gasteiger partial charge in [-0.05, 0) is 12.1 Å². The molecule has 102 valence electrons. The Balaban J connectivity index is 2.14. The Labute approximate surface area is 115 Å². The highest BCUT2D eigenvalue weighted by atomic mass is 16.5. The molecule has 0 amide bonds. The van der Waals surface area contributed by atoms with Crippen LogP contribution in [-0.4, -0.2) is 28.0 Å². The lowest BCUT2D eigenvalue weighted by atomic mass is 10.0. The van der Waals surface area contributed by atoms with E-state index < -0.39 is 5.97 Å². The number of para-hydroxylation sites is 1. The van der Waals surface area contributed by atoms with Crippen molar-refractivity contribution in [1.29, 1.82) is 0 Å². The summed E-state index contributed by atoms with van der Waals surface area (Å²) in [6.07, 6.45) is 3.25. The first-order valence-corrected chi connectivity index (χ1v) is 6.09. The SMILES string of the molecule is COc1ccccc1C1C=C(C(=O)O)Nc2ccnn21. The van der Waals surface area contributed by atoms with E-state index in [4.69, 9.17) is 4.74 Å². The van der Waals surface area contributed by atoms with E-state index in [2.05, 4.69) is 10.4 Å². The summed E-state index contributed by atoms with van der Waals surface area (Å²) in [5.41, 5.74) is 0.995. The Morgan fingerprint density at radius 2 is 2.20 bits per heavy atom. The highest BCUT2D eigenvalue weighted by Gasteiger charge is 2.26. The molecule has 1 unspecified atom stereocenters. The molecular formula is C14H13N3O3. The summed E-state index contributed by atoms with van der Waals surface area (Å²) in [5, 5.41) is 16.3. The number of rotatable bonds is 3. The molecule has 6 heteroatoms.